The zero-order valence-corrected chi connectivity index (χ0v) is 14.8. The number of esters is 2. The molecular weight excluding hydrogens is 300 g/mol. The van der Waals surface area contributed by atoms with E-state index in [2.05, 4.69) is 10.1 Å². The molecule has 1 amide bonds. The fourth-order valence-electron chi connectivity index (χ4n) is 2.57. The second kappa shape index (κ2) is 7.77. The summed E-state index contributed by atoms with van der Waals surface area (Å²) in [5.74, 6) is -1.06. The summed E-state index contributed by atoms with van der Waals surface area (Å²) in [5, 5.41) is 2.88. The van der Waals surface area contributed by atoms with Crippen molar-refractivity contribution in [1.29, 1.82) is 0 Å². The summed E-state index contributed by atoms with van der Waals surface area (Å²) in [4.78, 5) is 37.7. The van der Waals surface area contributed by atoms with Crippen LogP contribution < -0.4 is 5.32 Å². The van der Waals surface area contributed by atoms with Crippen LogP contribution in [0, 0.1) is 5.92 Å². The monoisotopic (exact) mass is 328 g/mol. The number of carbonyl (C=O) groups is 3. The number of hydrogen-bond donors (Lipinski definition) is 1. The van der Waals surface area contributed by atoms with Gasteiger partial charge in [0.25, 0.3) is 0 Å². The highest BCUT2D eigenvalue weighted by Crippen LogP contribution is 2.22. The first kappa shape index (κ1) is 19.4. The summed E-state index contributed by atoms with van der Waals surface area (Å²) >= 11 is 0. The molecule has 7 heteroatoms. The van der Waals surface area contributed by atoms with Crippen molar-refractivity contribution in [2.45, 2.75) is 58.7 Å². The third-order valence-electron chi connectivity index (χ3n) is 3.58. The van der Waals surface area contributed by atoms with Gasteiger partial charge in [0, 0.05) is 6.54 Å². The van der Waals surface area contributed by atoms with Crippen molar-refractivity contribution in [3.8, 4) is 0 Å². The Hall–Kier alpha value is -1.63. The number of amides is 1. The molecule has 23 heavy (non-hydrogen) atoms. The molecule has 2 atom stereocenters. The van der Waals surface area contributed by atoms with Crippen molar-refractivity contribution in [2.75, 3.05) is 20.2 Å². The first-order valence-electron chi connectivity index (χ1n) is 7.90. The average molecular weight is 328 g/mol. The van der Waals surface area contributed by atoms with Crippen LogP contribution in [0.5, 0.6) is 0 Å². The molecule has 0 saturated carbocycles. The molecule has 1 aliphatic heterocycles. The van der Waals surface area contributed by atoms with Crippen LogP contribution in [0.25, 0.3) is 0 Å². The van der Waals surface area contributed by atoms with Gasteiger partial charge in [-0.3, -0.25) is 14.9 Å². The summed E-state index contributed by atoms with van der Waals surface area (Å²) < 4.78 is 10.00. The van der Waals surface area contributed by atoms with Crippen LogP contribution in [-0.4, -0.2) is 60.6 Å². The minimum Gasteiger partial charge on any atom is -0.468 e. The quantitative estimate of drug-likeness (QED) is 0.723. The Kier molecular flexibility index (Phi) is 6.56. The van der Waals surface area contributed by atoms with E-state index in [1.54, 1.807) is 25.7 Å². The van der Waals surface area contributed by atoms with E-state index in [0.29, 0.717) is 13.0 Å². The predicted octanol–water partition coefficient (Wildman–Crippen LogP) is 0.716. The van der Waals surface area contributed by atoms with Gasteiger partial charge in [0.2, 0.25) is 5.91 Å². The van der Waals surface area contributed by atoms with Gasteiger partial charge in [0.1, 0.15) is 11.6 Å². The zero-order valence-electron chi connectivity index (χ0n) is 14.8. The van der Waals surface area contributed by atoms with Gasteiger partial charge in [0.15, 0.2) is 0 Å². The maximum atomic E-state index is 12.5. The molecule has 1 heterocycles. The number of likely N-dealkylation sites (tertiary alicyclic amines) is 1. The molecular formula is C16H28N2O5. The van der Waals surface area contributed by atoms with Crippen LogP contribution in [0.2, 0.25) is 0 Å². The van der Waals surface area contributed by atoms with Crippen molar-refractivity contribution in [3.63, 3.8) is 0 Å². The summed E-state index contributed by atoms with van der Waals surface area (Å²) in [6.07, 6.45) is 0.543. The van der Waals surface area contributed by atoms with Gasteiger partial charge in [-0.15, -0.1) is 0 Å². The van der Waals surface area contributed by atoms with Gasteiger partial charge in [-0.1, -0.05) is 13.8 Å². The molecule has 0 aromatic heterocycles. The van der Waals surface area contributed by atoms with E-state index >= 15 is 0 Å². The van der Waals surface area contributed by atoms with E-state index in [9.17, 15) is 14.4 Å². The van der Waals surface area contributed by atoms with Crippen LogP contribution in [0.3, 0.4) is 0 Å². The van der Waals surface area contributed by atoms with Crippen molar-refractivity contribution in [2.24, 2.45) is 5.92 Å². The number of methoxy groups -OCH3 is 1. The molecule has 1 rings (SSSR count). The molecule has 1 aliphatic rings. The molecule has 0 aromatic rings. The molecule has 0 aromatic carbocycles. The average Bonchev–Trinajstić information content (AvgIpc) is 2.75. The molecule has 0 bridgehead atoms. The van der Waals surface area contributed by atoms with Crippen molar-refractivity contribution < 1.29 is 23.9 Å². The Morgan fingerprint density at radius 3 is 2.43 bits per heavy atom. The fourth-order valence-corrected chi connectivity index (χ4v) is 2.57. The summed E-state index contributed by atoms with van der Waals surface area (Å²) in [6.45, 7) is 9.60. The molecule has 0 aliphatic carbocycles. The smallest absolute Gasteiger partial charge is 0.329 e. The van der Waals surface area contributed by atoms with E-state index in [-0.39, 0.29) is 18.4 Å². The van der Waals surface area contributed by atoms with Crippen molar-refractivity contribution in [3.05, 3.63) is 0 Å². The number of nitrogens with zero attached hydrogens (tertiary/aromatic N) is 1. The first-order chi connectivity index (χ1) is 10.6. The number of ether oxygens (including phenoxy) is 2. The van der Waals surface area contributed by atoms with E-state index in [1.165, 1.54) is 7.11 Å². The van der Waals surface area contributed by atoms with Crippen LogP contribution >= 0.6 is 0 Å². The Balaban J connectivity index is 2.76. The Morgan fingerprint density at radius 2 is 1.96 bits per heavy atom. The summed E-state index contributed by atoms with van der Waals surface area (Å²) in [7, 11) is 1.30. The molecule has 2 unspecified atom stereocenters. The van der Waals surface area contributed by atoms with Gasteiger partial charge in [-0.2, -0.15) is 0 Å². The zero-order chi connectivity index (χ0) is 17.8. The molecule has 132 valence electrons. The molecule has 7 nitrogen and oxygen atoms in total. The third kappa shape index (κ3) is 5.49. The van der Waals surface area contributed by atoms with Gasteiger partial charge in [-0.05, 0) is 33.1 Å². The second-order valence-electron chi connectivity index (χ2n) is 7.05. The Labute approximate surface area is 137 Å². The van der Waals surface area contributed by atoms with Gasteiger partial charge in [0.05, 0.1) is 19.7 Å². The Morgan fingerprint density at radius 1 is 1.35 bits per heavy atom. The van der Waals surface area contributed by atoms with Crippen molar-refractivity contribution >= 4 is 17.8 Å². The number of nitrogens with one attached hydrogen (secondary N) is 1. The van der Waals surface area contributed by atoms with Gasteiger partial charge < -0.3 is 14.4 Å². The highest BCUT2D eigenvalue weighted by Gasteiger charge is 2.41. The predicted molar refractivity (Wildman–Crippen MR) is 84.6 cm³/mol. The van der Waals surface area contributed by atoms with Gasteiger partial charge >= 0.3 is 11.9 Å². The van der Waals surface area contributed by atoms with E-state index in [0.717, 1.165) is 0 Å². The van der Waals surface area contributed by atoms with Crippen LogP contribution in [0.4, 0.5) is 0 Å². The fraction of sp³-hybridized carbons (Fsp3) is 0.812. The SMILES string of the molecule is COC(=O)CNC1CCN(C(C(=O)OC(C)(C)C)C(C)C)C1=O. The minimum absolute atomic E-state index is 0.0282. The van der Waals surface area contributed by atoms with Crippen molar-refractivity contribution in [1.82, 2.24) is 10.2 Å². The van der Waals surface area contributed by atoms with E-state index < -0.39 is 29.6 Å². The second-order valence-corrected chi connectivity index (χ2v) is 7.05. The number of carbonyl (C=O) groups excluding carboxylic acids is 3. The lowest BCUT2D eigenvalue weighted by Crippen LogP contribution is -2.50. The highest BCUT2D eigenvalue weighted by molar-refractivity contribution is 5.90. The molecule has 0 spiro atoms. The van der Waals surface area contributed by atoms with E-state index in [1.807, 2.05) is 13.8 Å². The first-order valence-corrected chi connectivity index (χ1v) is 7.90. The largest absolute Gasteiger partial charge is 0.468 e. The third-order valence-corrected chi connectivity index (χ3v) is 3.58. The van der Waals surface area contributed by atoms with Crippen LogP contribution in [-0.2, 0) is 23.9 Å². The lowest BCUT2D eigenvalue weighted by molar-refractivity contribution is -0.166. The van der Waals surface area contributed by atoms with Crippen LogP contribution in [0.15, 0.2) is 0 Å². The van der Waals surface area contributed by atoms with E-state index in [4.69, 9.17) is 4.74 Å². The molecule has 1 N–H and O–H groups in total. The maximum Gasteiger partial charge on any atom is 0.329 e. The number of hydrogen-bond acceptors (Lipinski definition) is 6. The Bertz CT molecular complexity index is 456. The number of rotatable bonds is 6. The molecule has 0 radical (unpaired) electrons. The molecule has 1 saturated heterocycles. The molecule has 1 fully saturated rings. The van der Waals surface area contributed by atoms with Gasteiger partial charge in [-0.25, -0.2) is 4.79 Å². The lowest BCUT2D eigenvalue weighted by atomic mass is 10.0. The van der Waals surface area contributed by atoms with Crippen LogP contribution in [0.1, 0.15) is 41.0 Å². The minimum atomic E-state index is -0.619. The maximum absolute atomic E-state index is 12.5. The summed E-state index contributed by atoms with van der Waals surface area (Å²) in [6, 6.07) is -1.09. The lowest BCUT2D eigenvalue weighted by Gasteiger charge is -2.32. The normalized spacial score (nSPS) is 19.9. The topological polar surface area (TPSA) is 84.9 Å². The highest BCUT2D eigenvalue weighted by atomic mass is 16.6. The standard InChI is InChI=1S/C16H28N2O5/c1-10(2)13(15(21)23-16(3,4)5)18-8-7-11(14(18)20)17-9-12(19)22-6/h10-11,13,17H,7-9H2,1-6H3. The summed E-state index contributed by atoms with van der Waals surface area (Å²) in [5.41, 5.74) is -0.602.